The number of nitrogens with one attached hydrogen (secondary N) is 2. The molecule has 1 rings (SSSR count). The summed E-state index contributed by atoms with van der Waals surface area (Å²) in [5.74, 6) is 0.444. The van der Waals surface area contributed by atoms with Crippen molar-refractivity contribution in [3.8, 4) is 0 Å². The molecule has 2 amide bonds. The molecule has 0 saturated carbocycles. The van der Waals surface area contributed by atoms with Gasteiger partial charge in [0.05, 0.1) is 12.6 Å². The van der Waals surface area contributed by atoms with Gasteiger partial charge in [-0.05, 0) is 52.9 Å². The number of alkyl carbamates (subject to hydrolysis) is 1. The summed E-state index contributed by atoms with van der Waals surface area (Å²) in [7, 11) is 0. The first-order valence-electron chi connectivity index (χ1n) is 9.24. The number of nitrogens with zero attached hydrogens (tertiary/aromatic N) is 1. The number of hydrogen-bond donors (Lipinski definition) is 2. The highest BCUT2D eigenvalue weighted by Crippen LogP contribution is 2.25. The van der Waals surface area contributed by atoms with Crippen molar-refractivity contribution in [2.45, 2.75) is 85.0 Å². The Kier molecular flexibility index (Phi) is 8.53. The van der Waals surface area contributed by atoms with Crippen LogP contribution in [0, 0.1) is 5.92 Å². The molecule has 0 radical (unpaired) electrons. The molecule has 1 aliphatic rings. The van der Waals surface area contributed by atoms with Gasteiger partial charge in [0.25, 0.3) is 0 Å². The predicted octanol–water partition coefficient (Wildman–Crippen LogP) is 2.52. The second kappa shape index (κ2) is 9.87. The minimum Gasteiger partial charge on any atom is -0.450 e. The standard InChI is InChI=1S/C18H35N3O3/c1-7-24-18(23)20-16(10-12(2)3)11-19-17(22)15(6)21-13(4)8-9-14(21)5/h12-16H,7-11H2,1-6H3,(H,19,22)(H,20,23)/t13-,14+,15-,16-/m0/s1. The molecule has 1 heterocycles. The van der Waals surface area contributed by atoms with Gasteiger partial charge in [0.1, 0.15) is 0 Å². The maximum absolute atomic E-state index is 12.5. The molecule has 0 aromatic rings. The Morgan fingerprint density at radius 3 is 2.25 bits per heavy atom. The Balaban J connectivity index is 2.54. The molecule has 6 heteroatoms. The van der Waals surface area contributed by atoms with Gasteiger partial charge in [0, 0.05) is 24.7 Å². The van der Waals surface area contributed by atoms with E-state index < -0.39 is 6.09 Å². The fourth-order valence-electron chi connectivity index (χ4n) is 3.59. The van der Waals surface area contributed by atoms with Crippen molar-refractivity contribution in [2.75, 3.05) is 13.2 Å². The van der Waals surface area contributed by atoms with E-state index in [0.717, 1.165) is 19.3 Å². The lowest BCUT2D eigenvalue weighted by molar-refractivity contribution is -0.127. The third-order valence-electron chi connectivity index (χ3n) is 4.72. The van der Waals surface area contributed by atoms with Crippen molar-refractivity contribution in [2.24, 2.45) is 5.92 Å². The Labute approximate surface area is 146 Å². The van der Waals surface area contributed by atoms with E-state index in [1.54, 1.807) is 6.92 Å². The van der Waals surface area contributed by atoms with Gasteiger partial charge in [0.15, 0.2) is 0 Å². The second-order valence-corrected chi connectivity index (χ2v) is 7.34. The molecule has 0 bridgehead atoms. The lowest BCUT2D eigenvalue weighted by Gasteiger charge is -2.32. The molecule has 2 N–H and O–H groups in total. The van der Waals surface area contributed by atoms with Crippen LogP contribution in [-0.2, 0) is 9.53 Å². The summed E-state index contributed by atoms with van der Waals surface area (Å²) in [6.45, 7) is 13.1. The summed E-state index contributed by atoms with van der Waals surface area (Å²) >= 11 is 0. The highest BCUT2D eigenvalue weighted by Gasteiger charge is 2.34. The number of carbonyl (C=O) groups excluding carboxylic acids is 2. The Morgan fingerprint density at radius 2 is 1.75 bits per heavy atom. The fraction of sp³-hybridized carbons (Fsp3) is 0.889. The minimum atomic E-state index is -0.424. The zero-order valence-corrected chi connectivity index (χ0v) is 16.1. The number of amides is 2. The van der Waals surface area contributed by atoms with E-state index in [0.29, 0.717) is 31.2 Å². The molecule has 0 aromatic heterocycles. The smallest absolute Gasteiger partial charge is 0.407 e. The van der Waals surface area contributed by atoms with Crippen LogP contribution in [0.1, 0.15) is 60.8 Å². The summed E-state index contributed by atoms with van der Waals surface area (Å²) in [4.78, 5) is 26.5. The van der Waals surface area contributed by atoms with Crippen LogP contribution >= 0.6 is 0 Å². The average molecular weight is 341 g/mol. The van der Waals surface area contributed by atoms with Gasteiger partial charge in [-0.3, -0.25) is 9.69 Å². The van der Waals surface area contributed by atoms with E-state index in [9.17, 15) is 9.59 Å². The normalized spacial score (nSPS) is 23.8. The monoisotopic (exact) mass is 341 g/mol. The van der Waals surface area contributed by atoms with Crippen LogP contribution in [-0.4, -0.2) is 54.2 Å². The lowest BCUT2D eigenvalue weighted by atomic mass is 10.0. The molecule has 0 spiro atoms. The summed E-state index contributed by atoms with van der Waals surface area (Å²) in [6, 6.07) is 0.600. The summed E-state index contributed by atoms with van der Waals surface area (Å²) in [5, 5.41) is 5.84. The first-order valence-corrected chi connectivity index (χ1v) is 9.24. The molecule has 1 aliphatic heterocycles. The molecule has 0 aliphatic carbocycles. The summed E-state index contributed by atoms with van der Waals surface area (Å²) in [6.07, 6.45) is 2.65. The van der Waals surface area contributed by atoms with Gasteiger partial charge in [-0.25, -0.2) is 4.79 Å². The number of hydrogen-bond acceptors (Lipinski definition) is 4. The highest BCUT2D eigenvalue weighted by atomic mass is 16.5. The van der Waals surface area contributed by atoms with Crippen LogP contribution in [0.4, 0.5) is 4.79 Å². The summed E-state index contributed by atoms with van der Waals surface area (Å²) in [5.41, 5.74) is 0. The first kappa shape index (κ1) is 20.7. The van der Waals surface area contributed by atoms with Crippen molar-refractivity contribution in [1.29, 1.82) is 0 Å². The van der Waals surface area contributed by atoms with Crippen molar-refractivity contribution in [1.82, 2.24) is 15.5 Å². The van der Waals surface area contributed by atoms with E-state index in [2.05, 4.69) is 43.2 Å². The average Bonchev–Trinajstić information content (AvgIpc) is 2.82. The van der Waals surface area contributed by atoms with E-state index in [-0.39, 0.29) is 18.0 Å². The quantitative estimate of drug-likeness (QED) is 0.712. The molecule has 24 heavy (non-hydrogen) atoms. The molecule has 6 nitrogen and oxygen atoms in total. The topological polar surface area (TPSA) is 70.7 Å². The van der Waals surface area contributed by atoms with E-state index in [4.69, 9.17) is 4.74 Å². The Bertz CT molecular complexity index is 404. The van der Waals surface area contributed by atoms with Gasteiger partial charge in [-0.1, -0.05) is 13.8 Å². The van der Waals surface area contributed by atoms with Crippen LogP contribution < -0.4 is 10.6 Å². The fourth-order valence-corrected chi connectivity index (χ4v) is 3.59. The number of likely N-dealkylation sites (tertiary alicyclic amines) is 1. The number of ether oxygens (including phenoxy) is 1. The molecule has 0 unspecified atom stereocenters. The van der Waals surface area contributed by atoms with Gasteiger partial charge >= 0.3 is 6.09 Å². The molecular formula is C18H35N3O3. The van der Waals surface area contributed by atoms with Crippen LogP contribution in [0.5, 0.6) is 0 Å². The van der Waals surface area contributed by atoms with Crippen LogP contribution in [0.25, 0.3) is 0 Å². The zero-order chi connectivity index (χ0) is 18.3. The predicted molar refractivity (Wildman–Crippen MR) is 95.9 cm³/mol. The lowest BCUT2D eigenvalue weighted by Crippen LogP contribution is -2.52. The highest BCUT2D eigenvalue weighted by molar-refractivity contribution is 5.81. The maximum Gasteiger partial charge on any atom is 0.407 e. The van der Waals surface area contributed by atoms with Crippen molar-refractivity contribution < 1.29 is 14.3 Å². The third-order valence-corrected chi connectivity index (χ3v) is 4.72. The first-order chi connectivity index (χ1) is 11.3. The van der Waals surface area contributed by atoms with Crippen molar-refractivity contribution >= 4 is 12.0 Å². The molecular weight excluding hydrogens is 306 g/mol. The van der Waals surface area contributed by atoms with Crippen molar-refractivity contribution in [3.63, 3.8) is 0 Å². The Hall–Kier alpha value is -1.30. The molecule has 0 aromatic carbocycles. The van der Waals surface area contributed by atoms with E-state index in [1.165, 1.54) is 0 Å². The van der Waals surface area contributed by atoms with Gasteiger partial charge < -0.3 is 15.4 Å². The van der Waals surface area contributed by atoms with Crippen LogP contribution in [0.15, 0.2) is 0 Å². The second-order valence-electron chi connectivity index (χ2n) is 7.34. The minimum absolute atomic E-state index is 0.0232. The summed E-state index contributed by atoms with van der Waals surface area (Å²) < 4.78 is 4.95. The largest absolute Gasteiger partial charge is 0.450 e. The SMILES string of the molecule is CCOC(=O)N[C@H](CNC(=O)[C@H](C)N1[C@H](C)CC[C@@H]1C)CC(C)C. The number of carbonyl (C=O) groups is 2. The van der Waals surface area contributed by atoms with E-state index >= 15 is 0 Å². The zero-order valence-electron chi connectivity index (χ0n) is 16.1. The van der Waals surface area contributed by atoms with Gasteiger partial charge in [-0.2, -0.15) is 0 Å². The van der Waals surface area contributed by atoms with Gasteiger partial charge in [-0.15, -0.1) is 0 Å². The van der Waals surface area contributed by atoms with Crippen LogP contribution in [0.2, 0.25) is 0 Å². The van der Waals surface area contributed by atoms with Crippen molar-refractivity contribution in [3.05, 3.63) is 0 Å². The number of rotatable bonds is 8. The molecule has 1 saturated heterocycles. The Morgan fingerprint density at radius 1 is 1.17 bits per heavy atom. The van der Waals surface area contributed by atoms with E-state index in [1.807, 2.05) is 6.92 Å². The molecule has 1 fully saturated rings. The molecule has 140 valence electrons. The molecule has 4 atom stereocenters. The van der Waals surface area contributed by atoms with Gasteiger partial charge in [0.2, 0.25) is 5.91 Å². The third kappa shape index (κ3) is 6.30. The van der Waals surface area contributed by atoms with Crippen LogP contribution in [0.3, 0.4) is 0 Å². The maximum atomic E-state index is 12.5.